The van der Waals surface area contributed by atoms with Gasteiger partial charge in [-0.1, -0.05) is 32.5 Å². The molecule has 27 heavy (non-hydrogen) atoms. The Labute approximate surface area is 166 Å². The highest BCUT2D eigenvalue weighted by Crippen LogP contribution is 2.22. The fraction of sp³-hybridized carbons (Fsp3) is 0.550. The largest absolute Gasteiger partial charge is 0.507 e. The zero-order valence-electron chi connectivity index (χ0n) is 16.7. The number of phenols is 1. The predicted molar refractivity (Wildman–Crippen MR) is 111 cm³/mol. The van der Waals surface area contributed by atoms with E-state index in [-0.39, 0.29) is 5.75 Å². The van der Waals surface area contributed by atoms with Crippen molar-refractivity contribution in [3.8, 4) is 11.5 Å². The molecule has 7 heteroatoms. The maximum absolute atomic E-state index is 10.1. The standard InChI is InChI=1S/C20H30N4O2S/c1-5-11-26-17-9-8-16(18(25)12-17)13-21-10-6-7-19-22-23-20(27-4)24(19)14-15(2)3/h8-9,12-13,15,25H,5-7,10-11,14H2,1-4H3. The lowest BCUT2D eigenvalue weighted by molar-refractivity contribution is 0.315. The summed E-state index contributed by atoms with van der Waals surface area (Å²) in [5.74, 6) is 2.44. The molecule has 1 aromatic heterocycles. The third-order valence-corrected chi connectivity index (χ3v) is 4.58. The lowest BCUT2D eigenvalue weighted by Gasteiger charge is -2.11. The molecule has 1 N–H and O–H groups in total. The Hall–Kier alpha value is -2.02. The SMILES string of the molecule is CCCOc1ccc(C=NCCCc2nnc(SC)n2CC(C)C)c(O)c1. The minimum absolute atomic E-state index is 0.189. The van der Waals surface area contributed by atoms with Crippen molar-refractivity contribution in [1.82, 2.24) is 14.8 Å². The van der Waals surface area contributed by atoms with Crippen LogP contribution in [-0.4, -0.2) is 45.5 Å². The Bertz CT molecular complexity index is 744. The first kappa shape index (κ1) is 21.3. The van der Waals surface area contributed by atoms with Crippen LogP contribution in [0.25, 0.3) is 0 Å². The van der Waals surface area contributed by atoms with Gasteiger partial charge in [0.25, 0.3) is 0 Å². The van der Waals surface area contributed by atoms with Crippen LogP contribution in [0.1, 0.15) is 45.0 Å². The van der Waals surface area contributed by atoms with Crippen molar-refractivity contribution >= 4 is 18.0 Å². The second kappa shape index (κ2) is 11.0. The van der Waals surface area contributed by atoms with E-state index in [1.165, 1.54) is 0 Å². The van der Waals surface area contributed by atoms with Gasteiger partial charge in [0.1, 0.15) is 17.3 Å². The molecule has 6 nitrogen and oxygen atoms in total. The minimum atomic E-state index is 0.189. The first-order valence-corrected chi connectivity index (χ1v) is 10.7. The number of aromatic hydroxyl groups is 1. The quantitative estimate of drug-likeness (QED) is 0.354. The van der Waals surface area contributed by atoms with Crippen molar-refractivity contribution in [3.05, 3.63) is 29.6 Å². The molecule has 0 radical (unpaired) electrons. The van der Waals surface area contributed by atoms with Crippen LogP contribution in [0.3, 0.4) is 0 Å². The van der Waals surface area contributed by atoms with Gasteiger partial charge in [-0.3, -0.25) is 4.99 Å². The fourth-order valence-electron chi connectivity index (χ4n) is 2.64. The number of nitrogens with zero attached hydrogens (tertiary/aromatic N) is 4. The maximum Gasteiger partial charge on any atom is 0.190 e. The first-order valence-electron chi connectivity index (χ1n) is 9.46. The summed E-state index contributed by atoms with van der Waals surface area (Å²) in [4.78, 5) is 4.44. The maximum atomic E-state index is 10.1. The molecule has 148 valence electrons. The van der Waals surface area contributed by atoms with Gasteiger partial charge in [0, 0.05) is 37.4 Å². The molecule has 2 rings (SSSR count). The summed E-state index contributed by atoms with van der Waals surface area (Å²) in [7, 11) is 0. The molecular weight excluding hydrogens is 360 g/mol. The van der Waals surface area contributed by atoms with Gasteiger partial charge in [-0.15, -0.1) is 10.2 Å². The zero-order chi connectivity index (χ0) is 19.6. The van der Waals surface area contributed by atoms with Crippen LogP contribution in [0, 0.1) is 5.92 Å². The van der Waals surface area contributed by atoms with E-state index < -0.39 is 0 Å². The van der Waals surface area contributed by atoms with Crippen molar-refractivity contribution < 1.29 is 9.84 Å². The molecule has 0 saturated heterocycles. The van der Waals surface area contributed by atoms with Crippen molar-refractivity contribution in [2.45, 2.75) is 51.7 Å². The van der Waals surface area contributed by atoms with Gasteiger partial charge in [-0.05, 0) is 37.1 Å². The smallest absolute Gasteiger partial charge is 0.190 e. The number of hydrogen-bond donors (Lipinski definition) is 1. The van der Waals surface area contributed by atoms with Crippen LogP contribution in [0.5, 0.6) is 11.5 Å². The third kappa shape index (κ3) is 6.57. The van der Waals surface area contributed by atoms with E-state index >= 15 is 0 Å². The molecule has 0 spiro atoms. The van der Waals surface area contributed by atoms with Crippen molar-refractivity contribution in [2.24, 2.45) is 10.9 Å². The fourth-order valence-corrected chi connectivity index (χ4v) is 3.16. The van der Waals surface area contributed by atoms with E-state index in [0.29, 0.717) is 30.4 Å². The number of ether oxygens (including phenoxy) is 1. The third-order valence-electron chi connectivity index (χ3n) is 3.92. The van der Waals surface area contributed by atoms with Crippen LogP contribution in [0.15, 0.2) is 28.3 Å². The highest BCUT2D eigenvalue weighted by molar-refractivity contribution is 7.98. The highest BCUT2D eigenvalue weighted by atomic mass is 32.2. The second-order valence-corrected chi connectivity index (χ2v) is 7.59. The predicted octanol–water partition coefficient (Wildman–Crippen LogP) is 4.20. The molecule has 0 atom stereocenters. The van der Waals surface area contributed by atoms with Gasteiger partial charge in [0.05, 0.1) is 6.61 Å². The molecule has 0 aliphatic rings. The van der Waals surface area contributed by atoms with Gasteiger partial charge in [-0.2, -0.15) is 0 Å². The average Bonchev–Trinajstić information content (AvgIpc) is 3.02. The van der Waals surface area contributed by atoms with Crippen LogP contribution >= 0.6 is 11.8 Å². The summed E-state index contributed by atoms with van der Waals surface area (Å²) in [6.45, 7) is 8.70. The molecule has 2 aromatic rings. The summed E-state index contributed by atoms with van der Waals surface area (Å²) in [6, 6.07) is 5.32. The van der Waals surface area contributed by atoms with Crippen molar-refractivity contribution in [3.63, 3.8) is 0 Å². The Morgan fingerprint density at radius 3 is 2.81 bits per heavy atom. The number of thioether (sulfide) groups is 1. The van der Waals surface area contributed by atoms with Crippen LogP contribution in [0.2, 0.25) is 0 Å². The van der Waals surface area contributed by atoms with Gasteiger partial charge < -0.3 is 14.4 Å². The van der Waals surface area contributed by atoms with E-state index in [9.17, 15) is 5.11 Å². The van der Waals surface area contributed by atoms with E-state index in [4.69, 9.17) is 4.74 Å². The van der Waals surface area contributed by atoms with Crippen LogP contribution in [0.4, 0.5) is 0 Å². The van der Waals surface area contributed by atoms with Crippen molar-refractivity contribution in [2.75, 3.05) is 19.4 Å². The average molecular weight is 391 g/mol. The molecule has 1 heterocycles. The van der Waals surface area contributed by atoms with E-state index in [2.05, 4.69) is 33.6 Å². The lowest BCUT2D eigenvalue weighted by Crippen LogP contribution is -2.10. The normalized spacial score (nSPS) is 11.6. The Morgan fingerprint density at radius 2 is 2.15 bits per heavy atom. The van der Waals surface area contributed by atoms with Gasteiger partial charge in [-0.25, -0.2) is 0 Å². The van der Waals surface area contributed by atoms with E-state index in [1.54, 1.807) is 24.0 Å². The molecule has 0 amide bonds. The minimum Gasteiger partial charge on any atom is -0.507 e. The molecule has 0 aliphatic heterocycles. The number of aryl methyl sites for hydroxylation is 1. The van der Waals surface area contributed by atoms with E-state index in [1.807, 2.05) is 25.3 Å². The molecule has 0 aliphatic carbocycles. The molecular formula is C20H30N4O2S. The monoisotopic (exact) mass is 390 g/mol. The number of rotatable bonds is 11. The Morgan fingerprint density at radius 1 is 1.33 bits per heavy atom. The summed E-state index contributed by atoms with van der Waals surface area (Å²) in [5, 5.41) is 19.6. The second-order valence-electron chi connectivity index (χ2n) is 6.82. The Kier molecular flexibility index (Phi) is 8.64. The molecule has 0 fully saturated rings. The molecule has 0 bridgehead atoms. The number of aromatic nitrogens is 3. The summed E-state index contributed by atoms with van der Waals surface area (Å²) in [5.41, 5.74) is 0.700. The summed E-state index contributed by atoms with van der Waals surface area (Å²) >= 11 is 1.63. The first-order chi connectivity index (χ1) is 13.0. The van der Waals surface area contributed by atoms with Crippen molar-refractivity contribution in [1.29, 1.82) is 0 Å². The topological polar surface area (TPSA) is 72.5 Å². The van der Waals surface area contributed by atoms with Crippen LogP contribution < -0.4 is 4.74 Å². The summed E-state index contributed by atoms with van der Waals surface area (Å²) in [6.07, 6.45) is 6.41. The number of benzene rings is 1. The number of phenolic OH excluding ortho intramolecular Hbond substituents is 1. The molecule has 1 aromatic carbocycles. The van der Waals surface area contributed by atoms with Gasteiger partial charge in [0.15, 0.2) is 5.16 Å². The molecule has 0 saturated carbocycles. The molecule has 0 unspecified atom stereocenters. The number of aliphatic imine (C=N–C) groups is 1. The van der Waals surface area contributed by atoms with Gasteiger partial charge >= 0.3 is 0 Å². The highest BCUT2D eigenvalue weighted by Gasteiger charge is 2.12. The van der Waals surface area contributed by atoms with Gasteiger partial charge in [0.2, 0.25) is 0 Å². The summed E-state index contributed by atoms with van der Waals surface area (Å²) < 4.78 is 7.72. The zero-order valence-corrected chi connectivity index (χ0v) is 17.5. The Balaban J connectivity index is 1.87. The van der Waals surface area contributed by atoms with Crippen LogP contribution in [-0.2, 0) is 13.0 Å². The number of hydrogen-bond acceptors (Lipinski definition) is 6. The van der Waals surface area contributed by atoms with E-state index in [0.717, 1.165) is 36.8 Å². The lowest BCUT2D eigenvalue weighted by atomic mass is 10.2.